The quantitative estimate of drug-likeness (QED) is 0.426. The van der Waals surface area contributed by atoms with Crippen molar-refractivity contribution in [1.82, 2.24) is 24.8 Å². The maximum atomic E-state index is 11.8. The van der Waals surface area contributed by atoms with Crippen molar-refractivity contribution in [1.29, 1.82) is 5.26 Å². The van der Waals surface area contributed by atoms with Crippen molar-refractivity contribution in [2.24, 2.45) is 0 Å². The molecule has 4 aromatic rings. The molecule has 0 aliphatic carbocycles. The Hall–Kier alpha value is -3.84. The van der Waals surface area contributed by atoms with Crippen LogP contribution in [0.5, 0.6) is 0 Å². The highest BCUT2D eigenvalue weighted by atomic mass is 32.1. The number of esters is 1. The van der Waals surface area contributed by atoms with E-state index in [9.17, 15) is 4.79 Å². The standard InChI is InChI=1S/C22H21N7O2S/c1-4-31-21(30)9-20-27-28-22(32-20)16-12-24-18(8-17(16)26-13(2)3)19-6-5-15-7-14(10-23)11-25-29(15)19/h5-8,11-13H,4,9H2,1-3H3,(H,24,26). The fourth-order valence-corrected chi connectivity index (χ4v) is 4.07. The van der Waals surface area contributed by atoms with Gasteiger partial charge in [0.1, 0.15) is 11.1 Å². The highest BCUT2D eigenvalue weighted by Gasteiger charge is 2.17. The minimum Gasteiger partial charge on any atom is -0.466 e. The first-order chi connectivity index (χ1) is 15.5. The molecule has 0 amide bonds. The molecule has 0 aliphatic heterocycles. The molecule has 32 heavy (non-hydrogen) atoms. The van der Waals surface area contributed by atoms with Gasteiger partial charge < -0.3 is 10.1 Å². The van der Waals surface area contributed by atoms with E-state index >= 15 is 0 Å². The third kappa shape index (κ3) is 4.43. The van der Waals surface area contributed by atoms with Crippen molar-refractivity contribution in [2.45, 2.75) is 33.2 Å². The molecule has 0 bridgehead atoms. The lowest BCUT2D eigenvalue weighted by Crippen LogP contribution is -2.11. The summed E-state index contributed by atoms with van der Waals surface area (Å²) in [6.07, 6.45) is 3.37. The molecule has 0 spiro atoms. The second-order valence-electron chi connectivity index (χ2n) is 7.31. The zero-order valence-corrected chi connectivity index (χ0v) is 18.7. The molecule has 9 nitrogen and oxygen atoms in total. The van der Waals surface area contributed by atoms with Crippen LogP contribution in [0.2, 0.25) is 0 Å². The summed E-state index contributed by atoms with van der Waals surface area (Å²) in [5, 5.41) is 26.6. The van der Waals surface area contributed by atoms with Crippen LogP contribution in [-0.4, -0.2) is 43.4 Å². The summed E-state index contributed by atoms with van der Waals surface area (Å²) in [4.78, 5) is 16.4. The molecule has 10 heteroatoms. The van der Waals surface area contributed by atoms with Gasteiger partial charge in [-0.1, -0.05) is 11.3 Å². The van der Waals surface area contributed by atoms with Gasteiger partial charge in [-0.05, 0) is 45.0 Å². The molecule has 4 heterocycles. The maximum Gasteiger partial charge on any atom is 0.312 e. The molecule has 4 rings (SSSR count). The van der Waals surface area contributed by atoms with Gasteiger partial charge in [-0.3, -0.25) is 9.78 Å². The van der Waals surface area contributed by atoms with Crippen molar-refractivity contribution >= 4 is 28.5 Å². The summed E-state index contributed by atoms with van der Waals surface area (Å²) >= 11 is 1.34. The molecule has 1 N–H and O–H groups in total. The smallest absolute Gasteiger partial charge is 0.312 e. The van der Waals surface area contributed by atoms with Crippen molar-refractivity contribution in [2.75, 3.05) is 11.9 Å². The third-order valence-electron chi connectivity index (χ3n) is 4.54. The van der Waals surface area contributed by atoms with Gasteiger partial charge in [0.25, 0.3) is 0 Å². The van der Waals surface area contributed by atoms with Crippen LogP contribution in [0, 0.1) is 11.3 Å². The van der Waals surface area contributed by atoms with E-state index in [1.54, 1.807) is 23.7 Å². The second kappa shape index (κ2) is 9.11. The number of nitrogens with zero attached hydrogens (tertiary/aromatic N) is 6. The molecular weight excluding hydrogens is 426 g/mol. The first kappa shape index (κ1) is 21.4. The van der Waals surface area contributed by atoms with Crippen LogP contribution in [0.1, 0.15) is 31.3 Å². The van der Waals surface area contributed by atoms with Gasteiger partial charge in [-0.2, -0.15) is 10.4 Å². The lowest BCUT2D eigenvalue weighted by Gasteiger charge is -2.14. The Morgan fingerprint density at radius 1 is 1.28 bits per heavy atom. The Morgan fingerprint density at radius 2 is 2.12 bits per heavy atom. The monoisotopic (exact) mass is 447 g/mol. The molecular formula is C22H21N7O2S. The van der Waals surface area contributed by atoms with Crippen LogP contribution in [-0.2, 0) is 16.0 Å². The fraction of sp³-hybridized carbons (Fsp3) is 0.273. The van der Waals surface area contributed by atoms with Gasteiger partial charge in [0.15, 0.2) is 5.01 Å². The molecule has 0 atom stereocenters. The van der Waals surface area contributed by atoms with Crippen LogP contribution in [0.15, 0.2) is 36.7 Å². The molecule has 162 valence electrons. The molecule has 4 aromatic heterocycles. The number of nitrogens with one attached hydrogen (secondary N) is 1. The molecule has 0 aliphatic rings. The minimum atomic E-state index is -0.323. The molecule has 0 fully saturated rings. The van der Waals surface area contributed by atoms with E-state index in [-0.39, 0.29) is 18.4 Å². The first-order valence-corrected chi connectivity index (χ1v) is 10.9. The molecule has 0 saturated heterocycles. The van der Waals surface area contributed by atoms with Gasteiger partial charge in [0, 0.05) is 17.9 Å². The summed E-state index contributed by atoms with van der Waals surface area (Å²) in [6.45, 7) is 6.20. The maximum absolute atomic E-state index is 11.8. The van der Waals surface area contributed by atoms with Crippen molar-refractivity contribution in [3.63, 3.8) is 0 Å². The molecule has 0 aromatic carbocycles. The van der Waals surface area contributed by atoms with Crippen molar-refractivity contribution < 1.29 is 9.53 Å². The van der Waals surface area contributed by atoms with Crippen molar-refractivity contribution in [3.8, 4) is 28.0 Å². The number of hydrogen-bond donors (Lipinski definition) is 1. The Labute approximate surface area is 188 Å². The van der Waals surface area contributed by atoms with Gasteiger partial charge in [0.05, 0.1) is 47.3 Å². The van der Waals surface area contributed by atoms with Crippen LogP contribution >= 0.6 is 11.3 Å². The number of rotatable bonds is 7. The number of pyridine rings is 1. The number of fused-ring (bicyclic) bond motifs is 1. The summed E-state index contributed by atoms with van der Waals surface area (Å²) in [5.41, 5.74) is 4.51. The Kier molecular flexibility index (Phi) is 6.09. The first-order valence-electron chi connectivity index (χ1n) is 10.1. The Balaban J connectivity index is 1.71. The van der Waals surface area contributed by atoms with Crippen molar-refractivity contribution in [3.05, 3.63) is 47.2 Å². The summed E-state index contributed by atoms with van der Waals surface area (Å²) < 4.78 is 6.75. The van der Waals surface area contributed by atoms with Crippen LogP contribution in [0.3, 0.4) is 0 Å². The van der Waals surface area contributed by atoms with Gasteiger partial charge in [-0.15, -0.1) is 10.2 Å². The number of ether oxygens (including phenoxy) is 1. The second-order valence-corrected chi connectivity index (χ2v) is 8.37. The zero-order chi connectivity index (χ0) is 22.7. The number of hydrogen-bond acceptors (Lipinski definition) is 9. The predicted molar refractivity (Wildman–Crippen MR) is 121 cm³/mol. The zero-order valence-electron chi connectivity index (χ0n) is 17.9. The van der Waals surface area contributed by atoms with E-state index < -0.39 is 0 Å². The van der Waals surface area contributed by atoms with E-state index in [2.05, 4.69) is 31.7 Å². The number of nitriles is 1. The number of carbonyl (C=O) groups excluding carboxylic acids is 1. The van der Waals surface area contributed by atoms with E-state index in [1.807, 2.05) is 32.0 Å². The third-order valence-corrected chi connectivity index (χ3v) is 5.49. The van der Waals surface area contributed by atoms with Crippen LogP contribution in [0.25, 0.3) is 27.5 Å². The van der Waals surface area contributed by atoms with Crippen LogP contribution < -0.4 is 5.32 Å². The average Bonchev–Trinajstić information content (AvgIpc) is 3.40. The van der Waals surface area contributed by atoms with E-state index in [1.165, 1.54) is 17.5 Å². The van der Waals surface area contributed by atoms with E-state index in [0.717, 1.165) is 28.2 Å². The normalized spacial score (nSPS) is 11.0. The topological polar surface area (TPSA) is 118 Å². The number of aromatic nitrogens is 5. The molecule has 0 radical (unpaired) electrons. The van der Waals surface area contributed by atoms with E-state index in [0.29, 0.717) is 22.2 Å². The van der Waals surface area contributed by atoms with Gasteiger partial charge in [0.2, 0.25) is 0 Å². The number of carbonyl (C=O) groups is 1. The lowest BCUT2D eigenvalue weighted by atomic mass is 10.1. The summed E-state index contributed by atoms with van der Waals surface area (Å²) in [7, 11) is 0. The Morgan fingerprint density at radius 3 is 2.88 bits per heavy atom. The Bertz CT molecular complexity index is 1320. The summed E-state index contributed by atoms with van der Waals surface area (Å²) in [5.74, 6) is -0.323. The minimum absolute atomic E-state index is 0.0937. The average molecular weight is 448 g/mol. The highest BCUT2D eigenvalue weighted by molar-refractivity contribution is 7.14. The highest BCUT2D eigenvalue weighted by Crippen LogP contribution is 2.33. The molecule has 0 saturated carbocycles. The van der Waals surface area contributed by atoms with Crippen LogP contribution in [0.4, 0.5) is 5.69 Å². The molecule has 0 unspecified atom stereocenters. The van der Waals surface area contributed by atoms with Gasteiger partial charge >= 0.3 is 5.97 Å². The number of anilines is 1. The largest absolute Gasteiger partial charge is 0.466 e. The predicted octanol–water partition coefficient (Wildman–Crippen LogP) is 3.71. The van der Waals surface area contributed by atoms with E-state index in [4.69, 9.17) is 10.00 Å². The van der Waals surface area contributed by atoms with Gasteiger partial charge in [-0.25, -0.2) is 4.52 Å². The lowest BCUT2D eigenvalue weighted by molar-refractivity contribution is -0.142. The fourth-order valence-electron chi connectivity index (χ4n) is 3.22. The SMILES string of the molecule is CCOC(=O)Cc1nnc(-c2cnc(-c3ccc4cc(C#N)cnn34)cc2NC(C)C)s1. The summed E-state index contributed by atoms with van der Waals surface area (Å²) in [6, 6.07) is 9.84.